The Bertz CT molecular complexity index is 507. The molecule has 1 aliphatic heterocycles. The Morgan fingerprint density at radius 1 is 1.48 bits per heavy atom. The molecule has 0 aliphatic carbocycles. The number of amides is 1. The fourth-order valence-corrected chi connectivity index (χ4v) is 2.99. The average Bonchev–Trinajstić information content (AvgIpc) is 2.90. The maximum Gasteiger partial charge on any atom is 0.349 e. The van der Waals surface area contributed by atoms with Crippen molar-refractivity contribution in [3.8, 4) is 5.75 Å². The molecule has 0 bridgehead atoms. The number of ether oxygens (including phenoxy) is 2. The average molecular weight is 313 g/mol. The standard InChI is InChI=1S/C14H19NO5S/c1-2-10-7-11(13(21-10)14(17)18)20-8-12(16)15-9-3-5-19-6-4-9/h7,9H,2-6,8H2,1H3,(H,15,16)(H,17,18). The van der Waals surface area contributed by atoms with Crippen LogP contribution >= 0.6 is 11.3 Å². The van der Waals surface area contributed by atoms with Gasteiger partial charge in [-0.3, -0.25) is 4.79 Å². The summed E-state index contributed by atoms with van der Waals surface area (Å²) in [5.74, 6) is -0.992. The first-order chi connectivity index (χ1) is 10.1. The molecular formula is C14H19NO5S. The van der Waals surface area contributed by atoms with E-state index >= 15 is 0 Å². The van der Waals surface area contributed by atoms with Crippen LogP contribution in [0.3, 0.4) is 0 Å². The highest BCUT2D eigenvalue weighted by atomic mass is 32.1. The van der Waals surface area contributed by atoms with Crippen molar-refractivity contribution in [2.75, 3.05) is 19.8 Å². The minimum Gasteiger partial charge on any atom is -0.482 e. The number of rotatable bonds is 6. The second-order valence-corrected chi connectivity index (χ2v) is 5.94. The summed E-state index contributed by atoms with van der Waals surface area (Å²) in [6, 6.07) is 1.80. The van der Waals surface area contributed by atoms with E-state index in [9.17, 15) is 9.59 Å². The molecule has 1 aromatic rings. The zero-order valence-corrected chi connectivity index (χ0v) is 12.7. The van der Waals surface area contributed by atoms with Gasteiger partial charge in [-0.05, 0) is 25.3 Å². The van der Waals surface area contributed by atoms with Crippen molar-refractivity contribution in [3.05, 3.63) is 15.8 Å². The summed E-state index contributed by atoms with van der Waals surface area (Å²) < 4.78 is 10.6. The van der Waals surface area contributed by atoms with E-state index in [1.165, 1.54) is 11.3 Å². The van der Waals surface area contributed by atoms with Crippen LogP contribution in [0.1, 0.15) is 34.3 Å². The van der Waals surface area contributed by atoms with Crippen molar-refractivity contribution in [3.63, 3.8) is 0 Å². The van der Waals surface area contributed by atoms with Gasteiger partial charge in [0.1, 0.15) is 5.75 Å². The van der Waals surface area contributed by atoms with Crippen molar-refractivity contribution in [1.29, 1.82) is 0 Å². The fraction of sp³-hybridized carbons (Fsp3) is 0.571. The summed E-state index contributed by atoms with van der Waals surface area (Å²) in [6.45, 7) is 3.08. The fourth-order valence-electron chi connectivity index (χ4n) is 2.11. The van der Waals surface area contributed by atoms with Gasteiger partial charge in [0.15, 0.2) is 11.5 Å². The number of aromatic carboxylic acids is 1. The van der Waals surface area contributed by atoms with Crippen LogP contribution in [0.4, 0.5) is 0 Å². The highest BCUT2D eigenvalue weighted by Gasteiger charge is 2.19. The van der Waals surface area contributed by atoms with Crippen LogP contribution < -0.4 is 10.1 Å². The van der Waals surface area contributed by atoms with E-state index in [-0.39, 0.29) is 29.2 Å². The summed E-state index contributed by atoms with van der Waals surface area (Å²) in [5, 5.41) is 12.0. The smallest absolute Gasteiger partial charge is 0.349 e. The molecule has 21 heavy (non-hydrogen) atoms. The molecule has 0 saturated carbocycles. The van der Waals surface area contributed by atoms with Gasteiger partial charge in [-0.25, -0.2) is 4.79 Å². The normalized spacial score (nSPS) is 15.7. The lowest BCUT2D eigenvalue weighted by molar-refractivity contribution is -0.124. The number of thiophene rings is 1. The number of hydrogen-bond donors (Lipinski definition) is 2. The SMILES string of the molecule is CCc1cc(OCC(=O)NC2CCOCC2)c(C(=O)O)s1. The topological polar surface area (TPSA) is 84.9 Å². The van der Waals surface area contributed by atoms with Gasteiger partial charge in [0.25, 0.3) is 5.91 Å². The molecule has 0 unspecified atom stereocenters. The molecule has 1 aromatic heterocycles. The lowest BCUT2D eigenvalue weighted by atomic mass is 10.1. The number of carbonyl (C=O) groups excluding carboxylic acids is 1. The summed E-state index contributed by atoms with van der Waals surface area (Å²) >= 11 is 1.18. The Balaban J connectivity index is 1.88. The second-order valence-electron chi connectivity index (χ2n) is 4.81. The molecule has 6 nitrogen and oxygen atoms in total. The molecule has 1 saturated heterocycles. The largest absolute Gasteiger partial charge is 0.482 e. The molecule has 0 aromatic carbocycles. The van der Waals surface area contributed by atoms with Gasteiger partial charge >= 0.3 is 5.97 Å². The van der Waals surface area contributed by atoms with Gasteiger partial charge < -0.3 is 19.9 Å². The van der Waals surface area contributed by atoms with Crippen LogP contribution in [0.25, 0.3) is 0 Å². The zero-order valence-electron chi connectivity index (χ0n) is 11.9. The second kappa shape index (κ2) is 7.42. The van der Waals surface area contributed by atoms with Crippen LogP contribution in [-0.4, -0.2) is 42.8 Å². The Labute approximate surface area is 127 Å². The van der Waals surface area contributed by atoms with E-state index in [2.05, 4.69) is 5.32 Å². The number of nitrogens with one attached hydrogen (secondary N) is 1. The Morgan fingerprint density at radius 2 is 2.19 bits per heavy atom. The Hall–Kier alpha value is -1.60. The first-order valence-corrected chi connectivity index (χ1v) is 7.77. The van der Waals surface area contributed by atoms with Gasteiger partial charge in [0.2, 0.25) is 0 Å². The maximum atomic E-state index is 11.8. The molecular weight excluding hydrogens is 294 g/mol. The van der Waals surface area contributed by atoms with Crippen molar-refractivity contribution in [2.24, 2.45) is 0 Å². The zero-order chi connectivity index (χ0) is 15.2. The van der Waals surface area contributed by atoms with E-state index in [4.69, 9.17) is 14.6 Å². The molecule has 1 amide bonds. The molecule has 2 N–H and O–H groups in total. The quantitative estimate of drug-likeness (QED) is 0.834. The molecule has 2 heterocycles. The predicted molar refractivity (Wildman–Crippen MR) is 78.1 cm³/mol. The lowest BCUT2D eigenvalue weighted by Crippen LogP contribution is -2.41. The third kappa shape index (κ3) is 4.44. The minimum atomic E-state index is -1.03. The summed E-state index contributed by atoms with van der Waals surface area (Å²) in [4.78, 5) is 24.0. The molecule has 7 heteroatoms. The number of carboxylic acids is 1. The minimum absolute atomic E-state index is 0.113. The Morgan fingerprint density at radius 3 is 2.81 bits per heavy atom. The third-order valence-corrected chi connectivity index (χ3v) is 4.49. The van der Waals surface area contributed by atoms with E-state index in [0.29, 0.717) is 13.2 Å². The highest BCUT2D eigenvalue weighted by Crippen LogP contribution is 2.29. The third-order valence-electron chi connectivity index (χ3n) is 3.24. The van der Waals surface area contributed by atoms with E-state index in [0.717, 1.165) is 24.1 Å². The van der Waals surface area contributed by atoms with E-state index in [1.54, 1.807) is 6.07 Å². The number of aryl methyl sites for hydroxylation is 1. The van der Waals surface area contributed by atoms with Crippen molar-refractivity contribution >= 4 is 23.2 Å². The highest BCUT2D eigenvalue weighted by molar-refractivity contribution is 7.14. The molecule has 0 spiro atoms. The van der Waals surface area contributed by atoms with Crippen molar-refractivity contribution in [1.82, 2.24) is 5.32 Å². The van der Waals surface area contributed by atoms with Crippen LogP contribution in [0.5, 0.6) is 5.75 Å². The summed E-state index contributed by atoms with van der Waals surface area (Å²) in [5.41, 5.74) is 0. The summed E-state index contributed by atoms with van der Waals surface area (Å²) in [7, 11) is 0. The van der Waals surface area contributed by atoms with Gasteiger partial charge in [0, 0.05) is 24.1 Å². The van der Waals surface area contributed by atoms with E-state index in [1.807, 2.05) is 6.92 Å². The monoisotopic (exact) mass is 313 g/mol. The molecule has 1 aliphatic rings. The van der Waals surface area contributed by atoms with Crippen LogP contribution in [0.2, 0.25) is 0 Å². The molecule has 2 rings (SSSR count). The van der Waals surface area contributed by atoms with E-state index < -0.39 is 5.97 Å². The number of carbonyl (C=O) groups is 2. The van der Waals surface area contributed by atoms with Crippen molar-refractivity contribution < 1.29 is 24.2 Å². The number of hydrogen-bond acceptors (Lipinski definition) is 5. The van der Waals surface area contributed by atoms with Gasteiger partial charge in [-0.1, -0.05) is 6.92 Å². The molecule has 116 valence electrons. The molecule has 0 radical (unpaired) electrons. The van der Waals surface area contributed by atoms with Gasteiger partial charge in [-0.2, -0.15) is 0 Å². The van der Waals surface area contributed by atoms with Gasteiger partial charge in [-0.15, -0.1) is 11.3 Å². The lowest BCUT2D eigenvalue weighted by Gasteiger charge is -2.23. The van der Waals surface area contributed by atoms with Gasteiger partial charge in [0.05, 0.1) is 0 Å². The first kappa shape index (κ1) is 15.8. The Kier molecular flexibility index (Phi) is 5.58. The summed E-state index contributed by atoms with van der Waals surface area (Å²) in [6.07, 6.45) is 2.33. The molecule has 1 fully saturated rings. The predicted octanol–water partition coefficient (Wildman–Crippen LogP) is 1.68. The number of carboxylic acid groups (broad SMARTS) is 1. The van der Waals surface area contributed by atoms with Crippen LogP contribution in [-0.2, 0) is 16.0 Å². The molecule has 0 atom stereocenters. The van der Waals surface area contributed by atoms with Crippen molar-refractivity contribution in [2.45, 2.75) is 32.2 Å². The maximum absolute atomic E-state index is 11.8. The van der Waals surface area contributed by atoms with Crippen LogP contribution in [0.15, 0.2) is 6.07 Å². The van der Waals surface area contributed by atoms with Crippen LogP contribution in [0, 0.1) is 0 Å². The first-order valence-electron chi connectivity index (χ1n) is 6.96.